The molecular weight excluding hydrogens is 248 g/mol. The van der Waals surface area contributed by atoms with Gasteiger partial charge in [0.1, 0.15) is 0 Å². The number of nitrogens with one attached hydrogen (secondary N) is 1. The van der Waals surface area contributed by atoms with Gasteiger partial charge in [-0.15, -0.1) is 10.2 Å². The molecule has 0 atom stereocenters. The lowest BCUT2D eigenvalue weighted by atomic mass is 10.2. The van der Waals surface area contributed by atoms with E-state index < -0.39 is 0 Å². The number of hydrogen-bond donors (Lipinski definition) is 1. The largest absolute Gasteiger partial charge is 0.368 e. The van der Waals surface area contributed by atoms with Crippen LogP contribution >= 0.6 is 11.6 Å². The maximum atomic E-state index is 5.91. The lowest BCUT2D eigenvalue weighted by molar-refractivity contribution is 0.946. The van der Waals surface area contributed by atoms with E-state index in [1.54, 1.807) is 12.4 Å². The summed E-state index contributed by atoms with van der Waals surface area (Å²) in [6.45, 7) is 4.74. The van der Waals surface area contributed by atoms with Crippen LogP contribution in [0.2, 0.25) is 5.15 Å². The third-order valence-electron chi connectivity index (χ3n) is 2.92. The molecule has 2 aromatic heterocycles. The molecule has 0 aromatic carbocycles. The van der Waals surface area contributed by atoms with Crippen LogP contribution in [0.5, 0.6) is 0 Å². The number of aromatic nitrogens is 3. The van der Waals surface area contributed by atoms with E-state index in [4.69, 9.17) is 11.6 Å². The van der Waals surface area contributed by atoms with Crippen LogP contribution < -0.4 is 5.32 Å². The molecule has 0 spiro atoms. The number of halogens is 1. The van der Waals surface area contributed by atoms with Crippen molar-refractivity contribution in [3.8, 4) is 0 Å². The quantitative estimate of drug-likeness (QED) is 0.921. The van der Waals surface area contributed by atoms with Crippen LogP contribution in [0.4, 0.5) is 5.82 Å². The highest BCUT2D eigenvalue weighted by atomic mass is 35.5. The molecule has 0 saturated carbocycles. The molecule has 0 amide bonds. The van der Waals surface area contributed by atoms with Gasteiger partial charge in [-0.25, -0.2) is 0 Å². The first-order chi connectivity index (χ1) is 8.68. The first-order valence-corrected chi connectivity index (χ1v) is 6.18. The second kappa shape index (κ2) is 5.78. The molecule has 18 heavy (non-hydrogen) atoms. The highest BCUT2D eigenvalue weighted by Crippen LogP contribution is 2.20. The van der Waals surface area contributed by atoms with Crippen molar-refractivity contribution in [1.29, 1.82) is 0 Å². The minimum atomic E-state index is 0.465. The Balaban J connectivity index is 1.97. The van der Waals surface area contributed by atoms with Crippen molar-refractivity contribution in [2.24, 2.45) is 0 Å². The first-order valence-electron chi connectivity index (χ1n) is 5.80. The minimum Gasteiger partial charge on any atom is -0.368 e. The number of anilines is 1. The molecule has 2 aromatic rings. The zero-order chi connectivity index (χ0) is 13.0. The highest BCUT2D eigenvalue weighted by molar-refractivity contribution is 6.30. The SMILES string of the molecule is Cc1c(Cl)nnc(NCCc2ccncc2)c1C. The normalized spacial score (nSPS) is 10.4. The molecule has 0 bridgehead atoms. The third-order valence-corrected chi connectivity index (χ3v) is 3.28. The van der Waals surface area contributed by atoms with E-state index in [0.29, 0.717) is 5.15 Å². The van der Waals surface area contributed by atoms with Gasteiger partial charge in [-0.1, -0.05) is 11.6 Å². The zero-order valence-electron chi connectivity index (χ0n) is 10.4. The lowest BCUT2D eigenvalue weighted by Gasteiger charge is -2.10. The molecule has 5 heteroatoms. The van der Waals surface area contributed by atoms with Crippen molar-refractivity contribution in [2.45, 2.75) is 20.3 Å². The lowest BCUT2D eigenvalue weighted by Crippen LogP contribution is -2.09. The molecule has 0 saturated heterocycles. The average molecular weight is 263 g/mol. The van der Waals surface area contributed by atoms with E-state index >= 15 is 0 Å². The zero-order valence-corrected chi connectivity index (χ0v) is 11.2. The number of nitrogens with zero attached hydrogens (tertiary/aromatic N) is 3. The summed E-state index contributed by atoms with van der Waals surface area (Å²) in [6.07, 6.45) is 4.52. The van der Waals surface area contributed by atoms with Gasteiger partial charge in [-0.3, -0.25) is 4.98 Å². The molecule has 2 rings (SSSR count). The van der Waals surface area contributed by atoms with Crippen molar-refractivity contribution < 1.29 is 0 Å². The van der Waals surface area contributed by atoms with Gasteiger partial charge in [-0.05, 0) is 49.1 Å². The van der Waals surface area contributed by atoms with Gasteiger partial charge in [0, 0.05) is 18.9 Å². The summed E-state index contributed by atoms with van der Waals surface area (Å²) in [7, 11) is 0. The van der Waals surface area contributed by atoms with Crippen LogP contribution in [0.15, 0.2) is 24.5 Å². The number of hydrogen-bond acceptors (Lipinski definition) is 4. The summed E-state index contributed by atoms with van der Waals surface area (Å²) in [5.74, 6) is 0.797. The van der Waals surface area contributed by atoms with Crippen LogP contribution in [-0.4, -0.2) is 21.7 Å². The Morgan fingerprint density at radius 2 is 1.83 bits per heavy atom. The number of rotatable bonds is 4. The van der Waals surface area contributed by atoms with Gasteiger partial charge in [0.15, 0.2) is 11.0 Å². The van der Waals surface area contributed by atoms with Gasteiger partial charge >= 0.3 is 0 Å². The van der Waals surface area contributed by atoms with E-state index in [1.807, 2.05) is 26.0 Å². The highest BCUT2D eigenvalue weighted by Gasteiger charge is 2.07. The third kappa shape index (κ3) is 2.96. The molecule has 0 aliphatic heterocycles. The summed E-state index contributed by atoms with van der Waals surface area (Å²) in [6, 6.07) is 4.01. The summed E-state index contributed by atoms with van der Waals surface area (Å²) in [5, 5.41) is 11.7. The smallest absolute Gasteiger partial charge is 0.155 e. The van der Waals surface area contributed by atoms with Crippen molar-refractivity contribution in [3.63, 3.8) is 0 Å². The second-order valence-corrected chi connectivity index (χ2v) is 4.48. The molecule has 0 radical (unpaired) electrons. The molecule has 0 aliphatic rings. The van der Waals surface area contributed by atoms with Gasteiger partial charge < -0.3 is 5.32 Å². The fourth-order valence-electron chi connectivity index (χ4n) is 1.62. The van der Waals surface area contributed by atoms with Crippen LogP contribution in [0.3, 0.4) is 0 Å². The fraction of sp³-hybridized carbons (Fsp3) is 0.308. The summed E-state index contributed by atoms with van der Waals surface area (Å²) in [5.41, 5.74) is 3.26. The van der Waals surface area contributed by atoms with E-state index in [2.05, 4.69) is 20.5 Å². The molecule has 0 unspecified atom stereocenters. The van der Waals surface area contributed by atoms with Crippen LogP contribution in [-0.2, 0) is 6.42 Å². The van der Waals surface area contributed by atoms with E-state index in [0.717, 1.165) is 29.9 Å². The Hall–Kier alpha value is -1.68. The molecule has 0 fully saturated rings. The monoisotopic (exact) mass is 262 g/mol. The molecule has 2 heterocycles. The Labute approximate surface area is 111 Å². The summed E-state index contributed by atoms with van der Waals surface area (Å²) >= 11 is 5.91. The topological polar surface area (TPSA) is 50.7 Å². The Bertz CT molecular complexity index is 528. The predicted molar refractivity (Wildman–Crippen MR) is 72.9 cm³/mol. The van der Waals surface area contributed by atoms with Crippen LogP contribution in [0, 0.1) is 13.8 Å². The van der Waals surface area contributed by atoms with Crippen LogP contribution in [0.1, 0.15) is 16.7 Å². The maximum Gasteiger partial charge on any atom is 0.155 e. The van der Waals surface area contributed by atoms with Gasteiger partial charge in [0.25, 0.3) is 0 Å². The van der Waals surface area contributed by atoms with Crippen LogP contribution in [0.25, 0.3) is 0 Å². The number of pyridine rings is 1. The van der Waals surface area contributed by atoms with Crippen molar-refractivity contribution in [2.75, 3.05) is 11.9 Å². The first kappa shape index (κ1) is 12.8. The van der Waals surface area contributed by atoms with E-state index in [-0.39, 0.29) is 0 Å². The Morgan fingerprint density at radius 3 is 2.56 bits per heavy atom. The standard InChI is InChI=1S/C13H15ClN4/c1-9-10(2)13(18-17-12(9)14)16-8-5-11-3-6-15-7-4-11/h3-4,6-7H,5,8H2,1-2H3,(H,16,18). The summed E-state index contributed by atoms with van der Waals surface area (Å²) in [4.78, 5) is 3.99. The fourth-order valence-corrected chi connectivity index (χ4v) is 1.80. The predicted octanol–water partition coefficient (Wildman–Crippen LogP) is 2.80. The molecular formula is C13H15ClN4. The van der Waals surface area contributed by atoms with Crippen molar-refractivity contribution in [3.05, 3.63) is 46.4 Å². The molecule has 0 aliphatic carbocycles. The van der Waals surface area contributed by atoms with E-state index in [1.165, 1.54) is 5.56 Å². The second-order valence-electron chi connectivity index (χ2n) is 4.12. The van der Waals surface area contributed by atoms with Gasteiger partial charge in [0.2, 0.25) is 0 Å². The average Bonchev–Trinajstić information content (AvgIpc) is 2.40. The Morgan fingerprint density at radius 1 is 1.11 bits per heavy atom. The van der Waals surface area contributed by atoms with Crippen molar-refractivity contribution in [1.82, 2.24) is 15.2 Å². The van der Waals surface area contributed by atoms with Crippen molar-refractivity contribution >= 4 is 17.4 Å². The Kier molecular flexibility index (Phi) is 4.10. The van der Waals surface area contributed by atoms with Gasteiger partial charge in [-0.2, -0.15) is 0 Å². The minimum absolute atomic E-state index is 0.465. The summed E-state index contributed by atoms with van der Waals surface area (Å²) < 4.78 is 0. The molecule has 94 valence electrons. The maximum absolute atomic E-state index is 5.91. The molecule has 1 N–H and O–H groups in total. The van der Waals surface area contributed by atoms with Gasteiger partial charge in [0.05, 0.1) is 0 Å². The van der Waals surface area contributed by atoms with E-state index in [9.17, 15) is 0 Å². The molecule has 4 nitrogen and oxygen atoms in total.